The summed E-state index contributed by atoms with van der Waals surface area (Å²) < 4.78 is 10.2. The molecule has 0 spiro atoms. The lowest BCUT2D eigenvalue weighted by Gasteiger charge is -2.43. The monoisotopic (exact) mass is 1600 g/mol. The van der Waals surface area contributed by atoms with Gasteiger partial charge < -0.3 is 66.3 Å². The Kier molecular flexibility index (Phi) is 32.1. The van der Waals surface area contributed by atoms with Crippen LogP contribution < -0.4 is 46.7 Å². The number of halogens is 1. The number of rotatable bonds is 27. The van der Waals surface area contributed by atoms with Crippen molar-refractivity contribution >= 4 is 130 Å². The maximum absolute atomic E-state index is 13.7. The summed E-state index contributed by atoms with van der Waals surface area (Å²) in [7, 11) is 4.35. The molecule has 608 valence electrons. The van der Waals surface area contributed by atoms with E-state index in [0.29, 0.717) is 65.3 Å². The van der Waals surface area contributed by atoms with Gasteiger partial charge >= 0.3 is 17.8 Å². The summed E-state index contributed by atoms with van der Waals surface area (Å²) in [6.07, 6.45) is 4.39. The van der Waals surface area contributed by atoms with Crippen molar-refractivity contribution in [2.75, 3.05) is 46.3 Å². The van der Waals surface area contributed by atoms with E-state index < -0.39 is 132 Å². The fourth-order valence-corrected chi connectivity index (χ4v) is 13.3. The van der Waals surface area contributed by atoms with Crippen LogP contribution in [0.4, 0.5) is 5.69 Å². The summed E-state index contributed by atoms with van der Waals surface area (Å²) in [5, 5.41) is 42.1. The number of Topliss-reactive ketones (excluding diaryl/α,β-unsaturated/α-hetero) is 2. The minimum absolute atomic E-state index is 0.00279. The molecule has 4 aromatic rings. The number of aliphatic carboxylic acids is 1. The predicted molar refractivity (Wildman–Crippen MR) is 403 cm³/mol. The highest BCUT2D eigenvalue weighted by Gasteiger charge is 2.49. The number of nitrogens with zero attached hydrogens (tertiary/aromatic N) is 8. The van der Waals surface area contributed by atoms with E-state index in [2.05, 4.69) is 52.4 Å². The van der Waals surface area contributed by atoms with E-state index in [0.717, 1.165) is 25.6 Å². The topological polar surface area (TPSA) is 476 Å². The fourth-order valence-electron chi connectivity index (χ4n) is 13.1. The third kappa shape index (κ3) is 24.2. The minimum atomic E-state index is -1.24. The van der Waals surface area contributed by atoms with E-state index in [1.807, 2.05) is 30.3 Å². The van der Waals surface area contributed by atoms with Crippen LogP contribution in [0.2, 0.25) is 5.02 Å². The van der Waals surface area contributed by atoms with Gasteiger partial charge in [0.1, 0.15) is 79.3 Å². The van der Waals surface area contributed by atoms with Crippen LogP contribution in [0.1, 0.15) is 136 Å². The molecule has 0 saturated carbocycles. The van der Waals surface area contributed by atoms with Gasteiger partial charge in [-0.05, 0) is 150 Å². The number of aldehydes is 1. The van der Waals surface area contributed by atoms with Crippen LogP contribution in [0, 0.1) is 0 Å². The Morgan fingerprint density at radius 3 is 1.29 bits per heavy atom. The summed E-state index contributed by atoms with van der Waals surface area (Å²) in [5.41, 5.74) is 1.80. The van der Waals surface area contributed by atoms with E-state index in [9.17, 15) is 86.6 Å². The first kappa shape index (κ1) is 86.9. The van der Waals surface area contributed by atoms with Gasteiger partial charge in [-0.3, -0.25) is 91.7 Å². The second kappa shape index (κ2) is 42.1. The molecule has 8 N–H and O–H groups in total. The van der Waals surface area contributed by atoms with Gasteiger partial charge in [-0.2, -0.15) is 0 Å². The molecule has 114 heavy (non-hydrogen) atoms. The third-order valence-corrected chi connectivity index (χ3v) is 19.0. The van der Waals surface area contributed by atoms with Crippen LogP contribution in [0.25, 0.3) is 0 Å². The molecule has 0 bridgehead atoms. The highest BCUT2D eigenvalue weighted by atomic mass is 35.5. The molecule has 0 radical (unpaired) electrons. The number of carbonyl (C=O) groups excluding carboxylic acids is 16. The summed E-state index contributed by atoms with van der Waals surface area (Å²) >= 11 is 5.80. The number of benzene rings is 4. The molecular weight excluding hydrogens is 1510 g/mol. The number of carbonyl (C=O) groups is 17. The minimum Gasteiger partial charge on any atom is -0.497 e. The van der Waals surface area contributed by atoms with Gasteiger partial charge in [0.05, 0.1) is 51.2 Å². The molecule has 0 unspecified atom stereocenters. The van der Waals surface area contributed by atoms with Crippen molar-refractivity contribution in [2.45, 2.75) is 171 Å². The Morgan fingerprint density at radius 1 is 0.500 bits per heavy atom. The summed E-state index contributed by atoms with van der Waals surface area (Å²) in [6.45, 7) is 3.53. The van der Waals surface area contributed by atoms with E-state index in [1.165, 1.54) is 81.9 Å². The van der Waals surface area contributed by atoms with Gasteiger partial charge in [-0.25, -0.2) is 15.0 Å². The highest BCUT2D eigenvalue weighted by molar-refractivity contribution is 6.40. The largest absolute Gasteiger partial charge is 0.497 e. The van der Waals surface area contributed by atoms with E-state index >= 15 is 0 Å². The van der Waals surface area contributed by atoms with Crippen LogP contribution in [-0.4, -0.2) is 244 Å². The number of nitrogens with one attached hydrogen (secondary N) is 7. The number of anilines is 1. The SMILES string of the molecule is CC(=O)C[C@@H](C=O)NC(=O)[C@@H]1CCCN2C(=O)CC[C@H](NC(=O)C(=O)Nc3ccc(Cl)cc3)C(=O)N12.CO/N=C\[C@H](CC(C)=O)NC(=O)[C@@H]1CCCN2C(=O)CC[C@H](NC(=O)c3ccc(OC)cc3)C(=O)N12.COc1ccc(C(=O)N[C@H]2CCC(=O)N3CCC[C@@H](C(=O)N[C@H](/C=N\OCc4ccccc4)CC(=O)O)N3C2=O)cc1. The highest BCUT2D eigenvalue weighted by Crippen LogP contribution is 2.30. The molecule has 38 heteroatoms. The maximum atomic E-state index is 13.7. The molecule has 0 aliphatic carbocycles. The van der Waals surface area contributed by atoms with Crippen molar-refractivity contribution in [3.05, 3.63) is 125 Å². The fraction of sp³-hybridized carbons (Fsp3) is 0.434. The van der Waals surface area contributed by atoms with Crippen molar-refractivity contribution in [1.29, 1.82) is 0 Å². The lowest BCUT2D eigenvalue weighted by Crippen LogP contribution is -2.64. The number of carboxylic acid groups (broad SMARTS) is 1. The first-order valence-corrected chi connectivity index (χ1v) is 37.0. The zero-order valence-corrected chi connectivity index (χ0v) is 63.9. The van der Waals surface area contributed by atoms with Crippen molar-refractivity contribution in [3.8, 4) is 11.5 Å². The quantitative estimate of drug-likeness (QED) is 0.0183. The molecule has 10 rings (SSSR count). The van der Waals surface area contributed by atoms with Gasteiger partial charge in [0.25, 0.3) is 29.5 Å². The second-order valence-electron chi connectivity index (χ2n) is 27.0. The molecule has 37 nitrogen and oxygen atoms in total. The molecule has 4 aromatic carbocycles. The van der Waals surface area contributed by atoms with Gasteiger partial charge in [-0.1, -0.05) is 52.2 Å². The number of fused-ring (bicyclic) bond motifs is 3. The molecule has 6 saturated heterocycles. The molecular formula is C76H90ClN15O22. The summed E-state index contributed by atoms with van der Waals surface area (Å²) in [4.78, 5) is 225. The van der Waals surface area contributed by atoms with E-state index in [-0.39, 0.29) is 114 Å². The predicted octanol–water partition coefficient (Wildman–Crippen LogP) is 1.86. The first-order chi connectivity index (χ1) is 54.6. The molecule has 9 atom stereocenters. The van der Waals surface area contributed by atoms with Crippen LogP contribution >= 0.6 is 11.6 Å². The first-order valence-electron chi connectivity index (χ1n) is 36.6. The maximum Gasteiger partial charge on any atom is 0.313 e. The number of ether oxygens (including phenoxy) is 2. The smallest absolute Gasteiger partial charge is 0.313 e. The second-order valence-corrected chi connectivity index (χ2v) is 27.5. The van der Waals surface area contributed by atoms with Crippen molar-refractivity contribution in [3.63, 3.8) is 0 Å². The number of amides is 13. The van der Waals surface area contributed by atoms with E-state index in [1.54, 1.807) is 48.5 Å². The van der Waals surface area contributed by atoms with Crippen molar-refractivity contribution in [1.82, 2.24) is 62.0 Å². The van der Waals surface area contributed by atoms with Crippen molar-refractivity contribution in [2.24, 2.45) is 10.3 Å². The molecule has 6 heterocycles. The van der Waals surface area contributed by atoms with Gasteiger partial charge in [0.15, 0.2) is 0 Å². The lowest BCUT2D eigenvalue weighted by molar-refractivity contribution is -0.176. The zero-order valence-electron chi connectivity index (χ0n) is 63.2. The standard InChI is InChI=1S/C29H33N5O8.C24H31N5O7.C23H26ClN5O7/c1-41-22-11-9-20(10-12-22)27(38)32-23-13-14-25(35)33-15-5-8-24(34(33)29(23)40)28(39)31-21(16-26(36)37)17-30-42-18-19-6-3-2-4-7-19;1-15(30)13-17(14-25-36-3)26-23(33)20-5-4-12-28-21(31)11-10-19(24(34)29(20)28)27-22(32)16-6-8-18(35-2)9-7-16;1-13(31)11-16(12-30)26-20(33)18-3-2-10-28-19(32)9-8-17(23(36)29(18)28)27-22(35)21(34)25-15-6-4-14(24)5-7-15/h2-4,6-7,9-12,17,21,23-24H,5,8,13-16,18H2,1H3,(H,31,39)(H,32,38)(H,36,37);6-9,14,17,19-20H,4-5,10-13H2,1-3H3,(H,26,33)(H,27,32);4-7,12,16-18H,2-3,8-11H2,1H3,(H,25,34)(H,26,33)(H,27,35)/b30-17-;25-14-;/t21-,23-,24-;17-,19-,20-;16-,17-,18-/m000/s1. The number of carboxylic acids is 1. The van der Waals surface area contributed by atoms with Crippen LogP contribution in [0.15, 0.2) is 113 Å². The number of hydrazine groups is 3. The average molecular weight is 1600 g/mol. The third-order valence-electron chi connectivity index (χ3n) is 18.7. The number of ketones is 2. The van der Waals surface area contributed by atoms with Crippen LogP contribution in [0.3, 0.4) is 0 Å². The molecule has 6 aliphatic heterocycles. The van der Waals surface area contributed by atoms with Gasteiger partial charge in [0.2, 0.25) is 35.4 Å². The lowest BCUT2D eigenvalue weighted by atomic mass is 10.0. The molecule has 0 aromatic heterocycles. The Labute approximate surface area is 659 Å². The van der Waals surface area contributed by atoms with Crippen LogP contribution in [0.5, 0.6) is 11.5 Å². The molecule has 6 aliphatic rings. The number of hydrogen-bond donors (Lipinski definition) is 8. The van der Waals surface area contributed by atoms with Crippen LogP contribution in [-0.2, 0) is 88.2 Å². The van der Waals surface area contributed by atoms with Crippen molar-refractivity contribution < 1.29 is 106 Å². The number of oxime groups is 2. The number of hydrogen-bond acceptors (Lipinski definition) is 23. The van der Waals surface area contributed by atoms with E-state index in [4.69, 9.17) is 25.9 Å². The molecule has 13 amide bonds. The Balaban J connectivity index is 0.000000215. The Bertz CT molecular complexity index is 4270. The van der Waals surface area contributed by atoms with Gasteiger partial charge in [-0.15, -0.1) is 0 Å². The average Bonchev–Trinajstić information content (AvgIpc) is 1.58. The van der Waals surface area contributed by atoms with Gasteiger partial charge in [0, 0.05) is 73.6 Å². The summed E-state index contributed by atoms with van der Waals surface area (Å²) in [5.74, 6) is -8.45. The number of methoxy groups -OCH3 is 2. The Hall–Kier alpha value is -12.7. The zero-order chi connectivity index (χ0) is 82.7. The molecule has 6 fully saturated rings. The normalized spacial score (nSPS) is 20.2. The summed E-state index contributed by atoms with van der Waals surface area (Å²) in [6, 6.07) is 18.6. The Morgan fingerprint density at radius 2 is 0.895 bits per heavy atom.